The van der Waals surface area contributed by atoms with Crippen LogP contribution in [0.3, 0.4) is 0 Å². The monoisotopic (exact) mass is 279 g/mol. The molecule has 2 fully saturated rings. The molecule has 3 heterocycles. The summed E-state index contributed by atoms with van der Waals surface area (Å²) in [7, 11) is 0. The first-order valence-electron chi connectivity index (χ1n) is 7.11. The minimum absolute atomic E-state index is 0.212. The van der Waals surface area contributed by atoms with Crippen LogP contribution in [0, 0.1) is 0 Å². The molecule has 0 bridgehead atoms. The van der Waals surface area contributed by atoms with E-state index < -0.39 is 0 Å². The van der Waals surface area contributed by atoms with Gasteiger partial charge in [0.1, 0.15) is 5.69 Å². The Morgan fingerprint density at radius 3 is 2.74 bits per heavy atom. The van der Waals surface area contributed by atoms with Crippen LogP contribution in [0.1, 0.15) is 29.4 Å². The van der Waals surface area contributed by atoms with E-state index in [0.29, 0.717) is 6.04 Å². The molecule has 104 valence electrons. The van der Waals surface area contributed by atoms with Crippen molar-refractivity contribution in [2.75, 3.05) is 37.7 Å². The highest BCUT2D eigenvalue weighted by Crippen LogP contribution is 2.22. The SMILES string of the molecule is O=C(c1cccn1C1CCNCC1)N1CCSCC1. The lowest BCUT2D eigenvalue weighted by Crippen LogP contribution is -2.39. The molecule has 2 saturated heterocycles. The van der Waals surface area contributed by atoms with Crippen LogP contribution in [0.15, 0.2) is 18.3 Å². The summed E-state index contributed by atoms with van der Waals surface area (Å²) in [5, 5.41) is 3.38. The highest BCUT2D eigenvalue weighted by atomic mass is 32.2. The lowest BCUT2D eigenvalue weighted by molar-refractivity contribution is 0.0757. The highest BCUT2D eigenvalue weighted by molar-refractivity contribution is 7.99. The zero-order valence-electron chi connectivity index (χ0n) is 11.2. The number of carbonyl (C=O) groups is 1. The van der Waals surface area contributed by atoms with Gasteiger partial charge >= 0.3 is 0 Å². The average molecular weight is 279 g/mol. The van der Waals surface area contributed by atoms with E-state index in [0.717, 1.165) is 56.2 Å². The van der Waals surface area contributed by atoms with Gasteiger partial charge in [-0.05, 0) is 38.1 Å². The van der Waals surface area contributed by atoms with Gasteiger partial charge < -0.3 is 14.8 Å². The van der Waals surface area contributed by atoms with Crippen LogP contribution in [0.2, 0.25) is 0 Å². The van der Waals surface area contributed by atoms with Crippen LogP contribution >= 0.6 is 11.8 Å². The van der Waals surface area contributed by atoms with Crippen molar-refractivity contribution < 1.29 is 4.79 Å². The molecule has 0 radical (unpaired) electrons. The molecule has 0 unspecified atom stereocenters. The molecule has 0 atom stereocenters. The van der Waals surface area contributed by atoms with E-state index in [4.69, 9.17) is 0 Å². The Balaban J connectivity index is 1.76. The summed E-state index contributed by atoms with van der Waals surface area (Å²) in [4.78, 5) is 14.6. The van der Waals surface area contributed by atoms with Gasteiger partial charge in [-0.2, -0.15) is 11.8 Å². The van der Waals surface area contributed by atoms with Crippen molar-refractivity contribution in [2.45, 2.75) is 18.9 Å². The first-order valence-corrected chi connectivity index (χ1v) is 8.26. The number of nitrogens with zero attached hydrogens (tertiary/aromatic N) is 2. The molecule has 19 heavy (non-hydrogen) atoms. The largest absolute Gasteiger partial charge is 0.340 e. The molecule has 1 amide bonds. The van der Waals surface area contributed by atoms with Crippen LogP contribution in [-0.2, 0) is 0 Å². The predicted octanol–water partition coefficient (Wildman–Crippen LogP) is 1.60. The molecule has 0 aromatic carbocycles. The highest BCUT2D eigenvalue weighted by Gasteiger charge is 2.24. The number of nitrogens with one attached hydrogen (secondary N) is 1. The Morgan fingerprint density at radius 2 is 2.00 bits per heavy atom. The van der Waals surface area contributed by atoms with Crippen molar-refractivity contribution in [3.05, 3.63) is 24.0 Å². The van der Waals surface area contributed by atoms with Crippen molar-refractivity contribution in [2.24, 2.45) is 0 Å². The van der Waals surface area contributed by atoms with Gasteiger partial charge in [-0.25, -0.2) is 0 Å². The van der Waals surface area contributed by atoms with Gasteiger partial charge in [0, 0.05) is 36.8 Å². The first-order chi connectivity index (χ1) is 9.36. The second kappa shape index (κ2) is 6.01. The second-order valence-electron chi connectivity index (χ2n) is 5.19. The molecule has 0 saturated carbocycles. The van der Waals surface area contributed by atoms with Crippen molar-refractivity contribution in [3.8, 4) is 0 Å². The van der Waals surface area contributed by atoms with Crippen molar-refractivity contribution in [1.82, 2.24) is 14.8 Å². The fraction of sp³-hybridized carbons (Fsp3) is 0.643. The molecule has 1 N–H and O–H groups in total. The molecule has 1 aromatic rings. The number of amides is 1. The maximum atomic E-state index is 12.6. The van der Waals surface area contributed by atoms with Crippen molar-refractivity contribution in [1.29, 1.82) is 0 Å². The molecular weight excluding hydrogens is 258 g/mol. The Bertz CT molecular complexity index is 434. The van der Waals surface area contributed by atoms with E-state index in [1.807, 2.05) is 28.8 Å². The number of hydrogen-bond donors (Lipinski definition) is 1. The number of hydrogen-bond acceptors (Lipinski definition) is 3. The van der Waals surface area contributed by atoms with Gasteiger partial charge in [-0.3, -0.25) is 4.79 Å². The quantitative estimate of drug-likeness (QED) is 0.893. The average Bonchev–Trinajstić information content (AvgIpc) is 2.98. The molecule has 0 spiro atoms. The summed E-state index contributed by atoms with van der Waals surface area (Å²) in [6, 6.07) is 4.47. The fourth-order valence-corrected chi connectivity index (χ4v) is 3.81. The summed E-state index contributed by atoms with van der Waals surface area (Å²) in [6.07, 6.45) is 4.30. The molecule has 5 heteroatoms. The zero-order chi connectivity index (χ0) is 13.1. The van der Waals surface area contributed by atoms with Crippen molar-refractivity contribution >= 4 is 17.7 Å². The van der Waals surface area contributed by atoms with Gasteiger partial charge in [0.2, 0.25) is 0 Å². The number of carbonyl (C=O) groups excluding carboxylic acids is 1. The molecule has 2 aliphatic rings. The maximum Gasteiger partial charge on any atom is 0.270 e. The molecular formula is C14H21N3OS. The van der Waals surface area contributed by atoms with Crippen molar-refractivity contribution in [3.63, 3.8) is 0 Å². The minimum Gasteiger partial charge on any atom is -0.340 e. The molecule has 3 rings (SSSR count). The van der Waals surface area contributed by atoms with Crippen LogP contribution in [0.5, 0.6) is 0 Å². The summed E-state index contributed by atoms with van der Waals surface area (Å²) in [6.45, 7) is 3.88. The standard InChI is InChI=1S/C14H21N3OS/c18-14(16-8-10-19-11-9-16)13-2-1-7-17(13)12-3-5-15-6-4-12/h1-2,7,12,15H,3-6,8-11H2. The fourth-order valence-electron chi connectivity index (χ4n) is 2.91. The molecule has 4 nitrogen and oxygen atoms in total. The Labute approximate surface area is 118 Å². The van der Waals surface area contributed by atoms with Gasteiger partial charge in [-0.15, -0.1) is 0 Å². The third-order valence-electron chi connectivity index (χ3n) is 4.00. The minimum atomic E-state index is 0.212. The summed E-state index contributed by atoms with van der Waals surface area (Å²) in [5.74, 6) is 2.35. The maximum absolute atomic E-state index is 12.6. The van der Waals surface area contributed by atoms with Crippen LogP contribution in [0.4, 0.5) is 0 Å². The smallest absolute Gasteiger partial charge is 0.270 e. The summed E-state index contributed by atoms with van der Waals surface area (Å²) >= 11 is 1.94. The van der Waals surface area contributed by atoms with E-state index in [1.54, 1.807) is 0 Å². The Hall–Kier alpha value is -0.940. The van der Waals surface area contributed by atoms with Crippen LogP contribution in [-0.4, -0.2) is 53.1 Å². The number of thioether (sulfide) groups is 1. The van der Waals surface area contributed by atoms with E-state index in [1.165, 1.54) is 0 Å². The van der Waals surface area contributed by atoms with Gasteiger partial charge in [-0.1, -0.05) is 0 Å². The number of aromatic nitrogens is 1. The summed E-state index contributed by atoms with van der Waals surface area (Å²) in [5.41, 5.74) is 0.874. The normalized spacial score (nSPS) is 21.6. The third-order valence-corrected chi connectivity index (χ3v) is 4.94. The van der Waals surface area contributed by atoms with E-state index >= 15 is 0 Å². The Kier molecular flexibility index (Phi) is 4.13. The van der Waals surface area contributed by atoms with E-state index in [9.17, 15) is 4.79 Å². The van der Waals surface area contributed by atoms with Crippen LogP contribution in [0.25, 0.3) is 0 Å². The third kappa shape index (κ3) is 2.82. The second-order valence-corrected chi connectivity index (χ2v) is 6.41. The number of rotatable bonds is 2. The molecule has 2 aliphatic heterocycles. The zero-order valence-corrected chi connectivity index (χ0v) is 12.0. The lowest BCUT2D eigenvalue weighted by Gasteiger charge is -2.29. The molecule has 1 aromatic heterocycles. The van der Waals surface area contributed by atoms with E-state index in [2.05, 4.69) is 16.1 Å². The van der Waals surface area contributed by atoms with E-state index in [-0.39, 0.29) is 5.91 Å². The van der Waals surface area contributed by atoms with Gasteiger partial charge in [0.15, 0.2) is 0 Å². The topological polar surface area (TPSA) is 37.3 Å². The van der Waals surface area contributed by atoms with Gasteiger partial charge in [0.05, 0.1) is 0 Å². The van der Waals surface area contributed by atoms with Crippen LogP contribution < -0.4 is 5.32 Å². The Morgan fingerprint density at radius 1 is 1.26 bits per heavy atom. The van der Waals surface area contributed by atoms with Gasteiger partial charge in [0.25, 0.3) is 5.91 Å². The number of piperidine rings is 1. The molecule has 0 aliphatic carbocycles. The predicted molar refractivity (Wildman–Crippen MR) is 78.8 cm³/mol. The lowest BCUT2D eigenvalue weighted by atomic mass is 10.1. The summed E-state index contributed by atoms with van der Waals surface area (Å²) < 4.78 is 2.20. The first kappa shape index (κ1) is 13.1.